The predicted octanol–water partition coefficient (Wildman–Crippen LogP) is 3.46. The molecule has 19 heavy (non-hydrogen) atoms. The zero-order valence-electron chi connectivity index (χ0n) is 12.1. The molecule has 1 aromatic rings. The van der Waals surface area contributed by atoms with Crippen LogP contribution in [0.25, 0.3) is 0 Å². The topological polar surface area (TPSA) is 42.4 Å². The number of amides is 1. The van der Waals surface area contributed by atoms with E-state index in [1.54, 1.807) is 11.1 Å². The Morgan fingerprint density at radius 1 is 1.47 bits per heavy atom. The summed E-state index contributed by atoms with van der Waals surface area (Å²) in [6.45, 7) is 8.45. The van der Waals surface area contributed by atoms with Crippen molar-refractivity contribution in [1.82, 2.24) is 9.88 Å². The van der Waals surface area contributed by atoms with E-state index in [0.29, 0.717) is 0 Å². The second-order valence-electron chi connectivity index (χ2n) is 6.04. The highest BCUT2D eigenvalue weighted by Crippen LogP contribution is 2.33. The van der Waals surface area contributed by atoms with Crippen molar-refractivity contribution >= 4 is 6.09 Å². The molecule has 0 saturated carbocycles. The van der Waals surface area contributed by atoms with Gasteiger partial charge in [-0.1, -0.05) is 6.07 Å². The van der Waals surface area contributed by atoms with E-state index in [2.05, 4.69) is 4.98 Å². The molecule has 1 fully saturated rings. The number of rotatable bonds is 1. The predicted molar refractivity (Wildman–Crippen MR) is 73.9 cm³/mol. The van der Waals surface area contributed by atoms with E-state index in [4.69, 9.17) is 4.74 Å². The molecule has 0 bridgehead atoms. The molecular weight excluding hydrogens is 240 g/mol. The average Bonchev–Trinajstić information content (AvgIpc) is 2.76. The molecule has 1 saturated heterocycles. The first-order chi connectivity index (χ1) is 8.88. The van der Waals surface area contributed by atoms with Crippen molar-refractivity contribution in [2.45, 2.75) is 52.2 Å². The van der Waals surface area contributed by atoms with Crippen molar-refractivity contribution in [3.05, 3.63) is 29.6 Å². The largest absolute Gasteiger partial charge is 0.444 e. The van der Waals surface area contributed by atoms with Crippen LogP contribution in [0.2, 0.25) is 0 Å². The van der Waals surface area contributed by atoms with Crippen LogP contribution in [0.3, 0.4) is 0 Å². The molecule has 0 aliphatic carbocycles. The number of carbonyl (C=O) groups is 1. The van der Waals surface area contributed by atoms with E-state index in [1.165, 1.54) is 0 Å². The zero-order chi connectivity index (χ0) is 14.0. The first-order valence-electron chi connectivity index (χ1n) is 6.79. The third kappa shape index (κ3) is 3.25. The zero-order valence-corrected chi connectivity index (χ0v) is 12.1. The van der Waals surface area contributed by atoms with E-state index < -0.39 is 5.60 Å². The maximum Gasteiger partial charge on any atom is 0.410 e. The summed E-state index contributed by atoms with van der Waals surface area (Å²) in [4.78, 5) is 18.5. The summed E-state index contributed by atoms with van der Waals surface area (Å²) in [5.74, 6) is 0. The van der Waals surface area contributed by atoms with Gasteiger partial charge in [0.25, 0.3) is 0 Å². The number of aromatic nitrogens is 1. The molecule has 2 rings (SSSR count). The summed E-state index contributed by atoms with van der Waals surface area (Å²) in [5, 5.41) is 0. The molecule has 104 valence electrons. The Morgan fingerprint density at radius 2 is 2.21 bits per heavy atom. The first-order valence-corrected chi connectivity index (χ1v) is 6.79. The third-order valence-corrected chi connectivity index (χ3v) is 3.25. The highest BCUT2D eigenvalue weighted by atomic mass is 16.6. The smallest absolute Gasteiger partial charge is 0.410 e. The Bertz CT molecular complexity index is 465. The Hall–Kier alpha value is -1.58. The van der Waals surface area contributed by atoms with Crippen molar-refractivity contribution in [3.63, 3.8) is 0 Å². The average molecular weight is 262 g/mol. The lowest BCUT2D eigenvalue weighted by atomic mass is 10.1. The Kier molecular flexibility index (Phi) is 3.78. The molecule has 2 heterocycles. The molecule has 0 unspecified atom stereocenters. The van der Waals surface area contributed by atoms with Gasteiger partial charge < -0.3 is 4.74 Å². The molecule has 0 N–H and O–H groups in total. The van der Waals surface area contributed by atoms with Crippen LogP contribution in [-0.2, 0) is 4.74 Å². The fourth-order valence-corrected chi connectivity index (χ4v) is 2.44. The molecule has 0 radical (unpaired) electrons. The number of hydrogen-bond donors (Lipinski definition) is 0. The molecule has 0 aromatic carbocycles. The second-order valence-corrected chi connectivity index (χ2v) is 6.04. The third-order valence-electron chi connectivity index (χ3n) is 3.25. The number of ether oxygens (including phenoxy) is 1. The SMILES string of the molecule is Cc1cccnc1[C@@H]1CCCN1C(=O)OC(C)(C)C. The molecule has 1 aliphatic rings. The maximum absolute atomic E-state index is 12.2. The summed E-state index contributed by atoms with van der Waals surface area (Å²) in [5.41, 5.74) is 1.66. The molecule has 0 spiro atoms. The van der Waals surface area contributed by atoms with Gasteiger partial charge in [-0.2, -0.15) is 0 Å². The van der Waals surface area contributed by atoms with Crippen molar-refractivity contribution < 1.29 is 9.53 Å². The van der Waals surface area contributed by atoms with Gasteiger partial charge in [-0.05, 0) is 52.2 Å². The van der Waals surface area contributed by atoms with Crippen molar-refractivity contribution in [2.24, 2.45) is 0 Å². The van der Waals surface area contributed by atoms with Crippen LogP contribution in [-0.4, -0.2) is 28.1 Å². The normalized spacial score (nSPS) is 19.6. The fourth-order valence-electron chi connectivity index (χ4n) is 2.44. The number of likely N-dealkylation sites (tertiary alicyclic amines) is 1. The van der Waals surface area contributed by atoms with Crippen LogP contribution in [0, 0.1) is 6.92 Å². The minimum atomic E-state index is -0.455. The monoisotopic (exact) mass is 262 g/mol. The van der Waals surface area contributed by atoms with Gasteiger partial charge in [0.05, 0.1) is 11.7 Å². The second kappa shape index (κ2) is 5.19. The van der Waals surface area contributed by atoms with Crippen LogP contribution in [0.15, 0.2) is 18.3 Å². The van der Waals surface area contributed by atoms with Crippen LogP contribution in [0.4, 0.5) is 4.79 Å². The molecular formula is C15H22N2O2. The summed E-state index contributed by atoms with van der Waals surface area (Å²) in [6, 6.07) is 4.01. The van der Waals surface area contributed by atoms with Gasteiger partial charge >= 0.3 is 6.09 Å². The minimum absolute atomic E-state index is 0.0519. The van der Waals surface area contributed by atoms with Crippen molar-refractivity contribution in [2.75, 3.05) is 6.54 Å². The summed E-state index contributed by atoms with van der Waals surface area (Å²) >= 11 is 0. The van der Waals surface area contributed by atoms with Gasteiger partial charge in [0.1, 0.15) is 5.60 Å². The summed E-state index contributed by atoms with van der Waals surface area (Å²) in [7, 11) is 0. The highest BCUT2D eigenvalue weighted by Gasteiger charge is 2.34. The number of aryl methyl sites for hydroxylation is 1. The molecule has 4 nitrogen and oxygen atoms in total. The van der Waals surface area contributed by atoms with Gasteiger partial charge in [-0.3, -0.25) is 9.88 Å². The van der Waals surface area contributed by atoms with E-state index >= 15 is 0 Å². The Labute approximate surface area is 114 Å². The highest BCUT2D eigenvalue weighted by molar-refractivity contribution is 5.69. The van der Waals surface area contributed by atoms with E-state index in [1.807, 2.05) is 39.8 Å². The number of carbonyl (C=O) groups excluding carboxylic acids is 1. The standard InChI is InChI=1S/C15H22N2O2/c1-11-7-5-9-16-13(11)12-8-6-10-17(12)14(18)19-15(2,3)4/h5,7,9,12H,6,8,10H2,1-4H3/t12-/m0/s1. The molecule has 4 heteroatoms. The number of nitrogens with zero attached hydrogens (tertiary/aromatic N) is 2. The van der Waals surface area contributed by atoms with Crippen molar-refractivity contribution in [1.29, 1.82) is 0 Å². The summed E-state index contributed by atoms with van der Waals surface area (Å²) in [6.07, 6.45) is 3.50. The van der Waals surface area contributed by atoms with Gasteiger partial charge in [0.15, 0.2) is 0 Å². The molecule has 1 aliphatic heterocycles. The molecule has 1 aromatic heterocycles. The van der Waals surface area contributed by atoms with E-state index in [-0.39, 0.29) is 12.1 Å². The van der Waals surface area contributed by atoms with Crippen LogP contribution >= 0.6 is 0 Å². The Balaban J connectivity index is 2.18. The van der Waals surface area contributed by atoms with Crippen molar-refractivity contribution in [3.8, 4) is 0 Å². The van der Waals surface area contributed by atoms with E-state index in [0.717, 1.165) is 30.6 Å². The van der Waals surface area contributed by atoms with Gasteiger partial charge in [0.2, 0.25) is 0 Å². The quantitative estimate of drug-likeness (QED) is 0.778. The molecule has 1 atom stereocenters. The Morgan fingerprint density at radius 3 is 2.84 bits per heavy atom. The lowest BCUT2D eigenvalue weighted by Crippen LogP contribution is -2.36. The minimum Gasteiger partial charge on any atom is -0.444 e. The lowest BCUT2D eigenvalue weighted by Gasteiger charge is -2.28. The number of hydrogen-bond acceptors (Lipinski definition) is 3. The number of pyridine rings is 1. The molecule has 1 amide bonds. The van der Waals surface area contributed by atoms with Crippen LogP contribution in [0.5, 0.6) is 0 Å². The fraction of sp³-hybridized carbons (Fsp3) is 0.600. The van der Waals surface area contributed by atoms with Gasteiger partial charge in [-0.25, -0.2) is 4.79 Å². The van der Waals surface area contributed by atoms with E-state index in [9.17, 15) is 4.79 Å². The van der Waals surface area contributed by atoms with Gasteiger partial charge in [-0.15, -0.1) is 0 Å². The van der Waals surface area contributed by atoms with Crippen LogP contribution < -0.4 is 0 Å². The van der Waals surface area contributed by atoms with Gasteiger partial charge in [0, 0.05) is 12.7 Å². The summed E-state index contributed by atoms with van der Waals surface area (Å²) < 4.78 is 5.47. The first kappa shape index (κ1) is 13.8. The lowest BCUT2D eigenvalue weighted by molar-refractivity contribution is 0.0221. The maximum atomic E-state index is 12.2. The van der Waals surface area contributed by atoms with Crippen LogP contribution in [0.1, 0.15) is 50.9 Å².